The number of likely N-dealkylation sites (N-methyl/N-ethyl adjacent to an activating group) is 2. The third kappa shape index (κ3) is 18.1. The van der Waals surface area contributed by atoms with E-state index in [0.29, 0.717) is 6.42 Å². The molecule has 1 aromatic rings. The molecule has 13 heteroatoms. The van der Waals surface area contributed by atoms with Gasteiger partial charge in [-0.3, -0.25) is 24.1 Å². The van der Waals surface area contributed by atoms with Gasteiger partial charge in [0.1, 0.15) is 24.5 Å². The van der Waals surface area contributed by atoms with E-state index < -0.39 is 47.4 Å². The number of amides is 4. The fourth-order valence-electron chi connectivity index (χ4n) is 4.98. The number of nitrogens with one attached hydrogen (secondary N) is 5. The van der Waals surface area contributed by atoms with E-state index in [9.17, 15) is 28.8 Å². The van der Waals surface area contributed by atoms with Crippen LogP contribution in [0.1, 0.15) is 114 Å². The molecule has 5 N–H and O–H groups in total. The number of urea groups is 1. The van der Waals surface area contributed by atoms with Crippen molar-refractivity contribution in [2.45, 2.75) is 143 Å². The molecule has 0 saturated carbocycles. The van der Waals surface area contributed by atoms with E-state index in [1.54, 1.807) is 20.9 Å². The van der Waals surface area contributed by atoms with Gasteiger partial charge in [-0.05, 0) is 99.9 Å². The highest BCUT2D eigenvalue weighted by molar-refractivity contribution is 6.38. The zero-order valence-corrected chi connectivity index (χ0v) is 34.0. The lowest BCUT2D eigenvalue weighted by Crippen LogP contribution is -2.60. The molecule has 1 heterocycles. The zero-order chi connectivity index (χ0) is 40.3. The van der Waals surface area contributed by atoms with E-state index in [4.69, 9.17) is 4.74 Å². The lowest BCUT2D eigenvalue weighted by Gasteiger charge is -2.32. The van der Waals surface area contributed by atoms with Crippen LogP contribution in [0.15, 0.2) is 30.3 Å². The summed E-state index contributed by atoms with van der Waals surface area (Å²) in [5.74, 6) is -2.41. The quantitative estimate of drug-likeness (QED) is 0.100. The maximum absolute atomic E-state index is 12.9. The first-order chi connectivity index (χ1) is 24.1. The van der Waals surface area contributed by atoms with E-state index in [2.05, 4.69) is 40.4 Å². The summed E-state index contributed by atoms with van der Waals surface area (Å²) in [6.07, 6.45) is 4.79. The number of aldehydes is 1. The molecule has 296 valence electrons. The summed E-state index contributed by atoms with van der Waals surface area (Å²) in [7, 11) is 3.62. The van der Waals surface area contributed by atoms with Crippen LogP contribution in [0.2, 0.25) is 0 Å². The molecule has 0 radical (unpaired) electrons. The Morgan fingerprint density at radius 1 is 0.962 bits per heavy atom. The van der Waals surface area contributed by atoms with Crippen LogP contribution in [0.5, 0.6) is 0 Å². The number of ketones is 1. The van der Waals surface area contributed by atoms with Crippen LogP contribution in [0, 0.1) is 5.92 Å². The van der Waals surface area contributed by atoms with Crippen LogP contribution in [-0.2, 0) is 34.3 Å². The number of carbonyl (C=O) groups is 6. The highest BCUT2D eigenvalue weighted by atomic mass is 16.6. The van der Waals surface area contributed by atoms with Gasteiger partial charge in [0.15, 0.2) is 0 Å². The number of nitrogens with zero attached hydrogens (tertiary/aromatic N) is 1. The minimum atomic E-state index is -0.932. The van der Waals surface area contributed by atoms with Gasteiger partial charge in [-0.15, -0.1) is 0 Å². The summed E-state index contributed by atoms with van der Waals surface area (Å²) in [5.41, 5.74) is -0.861. The van der Waals surface area contributed by atoms with Crippen LogP contribution in [-0.4, -0.2) is 97.2 Å². The SMILES string of the molecule is CCC.CCC(C)CC(NC(=O)C1CCCN1C)C(=O)C(=O)NCC(=O)OC(C)(C)c1ccccc1.CNC(C)(C)C(C=O)NC(=O)NC(C)(C)C. The molecule has 13 nitrogen and oxygen atoms in total. The number of rotatable bonds is 15. The second-order valence-electron chi connectivity index (χ2n) is 15.5. The molecular weight excluding hydrogens is 664 g/mol. The average molecular weight is 733 g/mol. The molecule has 4 atom stereocenters. The maximum Gasteiger partial charge on any atom is 0.326 e. The number of hydrogen-bond donors (Lipinski definition) is 5. The van der Waals surface area contributed by atoms with Gasteiger partial charge in [-0.25, -0.2) is 4.79 Å². The van der Waals surface area contributed by atoms with Crippen LogP contribution in [0.25, 0.3) is 0 Å². The van der Waals surface area contributed by atoms with Crippen molar-refractivity contribution in [2.75, 3.05) is 27.2 Å². The number of likely N-dealkylation sites (tertiary alicyclic amines) is 1. The van der Waals surface area contributed by atoms with Crippen molar-refractivity contribution >= 4 is 35.9 Å². The van der Waals surface area contributed by atoms with Crippen LogP contribution >= 0.6 is 0 Å². The molecule has 2 rings (SSSR count). The molecule has 4 amide bonds. The zero-order valence-electron chi connectivity index (χ0n) is 34.0. The normalized spacial score (nSPS) is 16.3. The Hall–Kier alpha value is -3.84. The monoisotopic (exact) mass is 733 g/mol. The van der Waals surface area contributed by atoms with Gasteiger partial charge < -0.3 is 36.1 Å². The van der Waals surface area contributed by atoms with Gasteiger partial charge >= 0.3 is 12.0 Å². The second kappa shape index (κ2) is 23.0. The fourth-order valence-corrected chi connectivity index (χ4v) is 4.98. The van der Waals surface area contributed by atoms with E-state index in [-0.39, 0.29) is 29.4 Å². The lowest BCUT2D eigenvalue weighted by molar-refractivity contribution is -0.157. The summed E-state index contributed by atoms with van der Waals surface area (Å²) in [5, 5.41) is 13.5. The van der Waals surface area contributed by atoms with Crippen molar-refractivity contribution in [2.24, 2.45) is 5.92 Å². The third-order valence-corrected chi connectivity index (χ3v) is 8.58. The van der Waals surface area contributed by atoms with Gasteiger partial charge in [-0.1, -0.05) is 70.9 Å². The first-order valence-electron chi connectivity index (χ1n) is 18.4. The summed E-state index contributed by atoms with van der Waals surface area (Å²) in [6.45, 7) is 21.4. The van der Waals surface area contributed by atoms with E-state index >= 15 is 0 Å². The van der Waals surface area contributed by atoms with Crippen molar-refractivity contribution in [3.05, 3.63) is 35.9 Å². The Morgan fingerprint density at radius 2 is 1.54 bits per heavy atom. The Kier molecular flexibility index (Phi) is 21.3. The molecule has 1 saturated heterocycles. The topological polar surface area (TPSA) is 175 Å². The predicted octanol–water partition coefficient (Wildman–Crippen LogP) is 4.23. The summed E-state index contributed by atoms with van der Waals surface area (Å²) < 4.78 is 5.50. The number of hydrogen-bond acceptors (Lipinski definition) is 9. The maximum atomic E-state index is 12.9. The van der Waals surface area contributed by atoms with Gasteiger partial charge in [-0.2, -0.15) is 0 Å². The Bertz CT molecular complexity index is 1280. The molecule has 0 aliphatic carbocycles. The van der Waals surface area contributed by atoms with E-state index in [0.717, 1.165) is 37.7 Å². The molecule has 0 bridgehead atoms. The number of esters is 1. The molecule has 52 heavy (non-hydrogen) atoms. The van der Waals surface area contributed by atoms with E-state index in [1.165, 1.54) is 6.42 Å². The smallest absolute Gasteiger partial charge is 0.326 e. The summed E-state index contributed by atoms with van der Waals surface area (Å²) >= 11 is 0. The van der Waals surface area contributed by atoms with E-state index in [1.807, 2.05) is 90.7 Å². The number of benzene rings is 1. The first-order valence-corrected chi connectivity index (χ1v) is 18.4. The van der Waals surface area contributed by atoms with Crippen molar-refractivity contribution in [3.8, 4) is 0 Å². The van der Waals surface area contributed by atoms with Crippen LogP contribution in [0.4, 0.5) is 4.79 Å². The molecule has 0 aromatic heterocycles. The molecule has 1 fully saturated rings. The lowest BCUT2D eigenvalue weighted by atomic mass is 9.95. The Balaban J connectivity index is 0.00000115. The van der Waals surface area contributed by atoms with Crippen molar-refractivity contribution in [1.82, 2.24) is 31.5 Å². The molecule has 1 aliphatic rings. The number of Topliss-reactive ketones (excluding diaryl/α,β-unsaturated/α-hetero) is 1. The van der Waals surface area contributed by atoms with Gasteiger partial charge in [0.05, 0.1) is 12.1 Å². The van der Waals surface area contributed by atoms with Crippen LogP contribution in [0.3, 0.4) is 0 Å². The summed E-state index contributed by atoms with van der Waals surface area (Å²) in [6, 6.07) is 7.12. The predicted molar refractivity (Wildman–Crippen MR) is 206 cm³/mol. The fraction of sp³-hybridized carbons (Fsp3) is 0.692. The minimum absolute atomic E-state index is 0.144. The second-order valence-corrected chi connectivity index (χ2v) is 15.5. The first kappa shape index (κ1) is 48.2. The third-order valence-electron chi connectivity index (χ3n) is 8.58. The average Bonchev–Trinajstić information content (AvgIpc) is 3.51. The van der Waals surface area contributed by atoms with Gasteiger partial charge in [0.25, 0.3) is 5.91 Å². The van der Waals surface area contributed by atoms with Gasteiger partial charge in [0, 0.05) is 11.1 Å². The van der Waals surface area contributed by atoms with Gasteiger partial charge in [0.2, 0.25) is 11.7 Å². The minimum Gasteiger partial charge on any atom is -0.453 e. The molecular formula is C39H68N6O7. The molecule has 1 aliphatic heterocycles. The Morgan fingerprint density at radius 3 is 2.00 bits per heavy atom. The summed E-state index contributed by atoms with van der Waals surface area (Å²) in [4.78, 5) is 74.9. The standard InChI is InChI=1S/C25H37N3O5.C11H23N3O2.C3H8/c1-6-17(2)15-19(27-23(31)20-13-10-14-28(20)5)22(30)24(32)26-16-21(29)33-25(3,4)18-11-8-7-9-12-18;1-10(2,3)14-9(16)13-8(7-15)11(4,5)12-6;1-3-2/h7-9,11-12,17,19-20H,6,10,13-16H2,1-5H3,(H,26,32)(H,27,31);7-8,12H,1-6H3,(H2,13,14,16);3H2,1-2H3. The molecule has 4 unspecified atom stereocenters. The largest absolute Gasteiger partial charge is 0.453 e. The highest BCUT2D eigenvalue weighted by Crippen LogP contribution is 2.24. The molecule has 1 aromatic carbocycles. The van der Waals surface area contributed by atoms with Crippen molar-refractivity contribution in [3.63, 3.8) is 0 Å². The highest BCUT2D eigenvalue weighted by Gasteiger charge is 2.34. The van der Waals surface area contributed by atoms with Crippen LogP contribution < -0.4 is 26.6 Å². The van der Waals surface area contributed by atoms with Crippen molar-refractivity contribution in [1.29, 1.82) is 0 Å². The van der Waals surface area contributed by atoms with Crippen molar-refractivity contribution < 1.29 is 33.5 Å². The Labute approximate surface area is 312 Å². The number of carbonyl (C=O) groups excluding carboxylic acids is 6. The molecule has 0 spiro atoms. The number of ether oxygens (including phenoxy) is 1.